The first kappa shape index (κ1) is 22.8. The van der Waals surface area contributed by atoms with Crippen LogP contribution < -0.4 is 20.3 Å². The lowest BCUT2D eigenvalue weighted by atomic mass is 10.1. The maximum atomic E-state index is 13.4. The van der Waals surface area contributed by atoms with E-state index in [9.17, 15) is 9.59 Å². The SMILES string of the molecule is CC[C@H](C(=O)NCCc1cc(OC)ccc1OC)n1nc(C)c2sc3ccccc3c2c1=O. The molecule has 1 atom stereocenters. The fourth-order valence-electron chi connectivity index (χ4n) is 4.08. The predicted molar refractivity (Wildman–Crippen MR) is 132 cm³/mol. The zero-order chi connectivity index (χ0) is 23.5. The van der Waals surface area contributed by atoms with Crippen LogP contribution in [0.2, 0.25) is 0 Å². The Morgan fingerprint density at radius 3 is 2.70 bits per heavy atom. The van der Waals surface area contributed by atoms with Gasteiger partial charge >= 0.3 is 0 Å². The molecule has 8 heteroatoms. The molecule has 33 heavy (non-hydrogen) atoms. The van der Waals surface area contributed by atoms with Gasteiger partial charge in [0.15, 0.2) is 0 Å². The van der Waals surface area contributed by atoms with Crippen LogP contribution >= 0.6 is 11.3 Å². The molecule has 0 saturated carbocycles. The zero-order valence-electron chi connectivity index (χ0n) is 19.2. The minimum absolute atomic E-state index is 0.229. The monoisotopic (exact) mass is 465 g/mol. The first-order valence-corrected chi connectivity index (χ1v) is 11.7. The Hall–Kier alpha value is -3.39. The highest BCUT2D eigenvalue weighted by Crippen LogP contribution is 2.33. The van der Waals surface area contributed by atoms with Crippen LogP contribution in [0.4, 0.5) is 0 Å². The van der Waals surface area contributed by atoms with Crippen LogP contribution in [0.1, 0.15) is 30.6 Å². The lowest BCUT2D eigenvalue weighted by molar-refractivity contribution is -0.124. The minimum Gasteiger partial charge on any atom is -0.497 e. The lowest BCUT2D eigenvalue weighted by Crippen LogP contribution is -2.39. The first-order valence-electron chi connectivity index (χ1n) is 10.9. The molecule has 7 nitrogen and oxygen atoms in total. The van der Waals surface area contributed by atoms with E-state index in [1.54, 1.807) is 25.6 Å². The summed E-state index contributed by atoms with van der Waals surface area (Å²) in [5, 5.41) is 9.02. The van der Waals surface area contributed by atoms with E-state index in [1.165, 1.54) is 4.68 Å². The van der Waals surface area contributed by atoms with Crippen molar-refractivity contribution in [1.29, 1.82) is 0 Å². The Morgan fingerprint density at radius 1 is 1.18 bits per heavy atom. The van der Waals surface area contributed by atoms with Gasteiger partial charge in [-0.2, -0.15) is 5.10 Å². The predicted octanol–water partition coefficient (Wildman–Crippen LogP) is 4.25. The Morgan fingerprint density at radius 2 is 1.97 bits per heavy atom. The van der Waals surface area contributed by atoms with Crippen LogP contribution in [0.15, 0.2) is 47.3 Å². The van der Waals surface area contributed by atoms with Crippen molar-refractivity contribution in [3.05, 3.63) is 64.1 Å². The summed E-state index contributed by atoms with van der Waals surface area (Å²) < 4.78 is 14.0. The summed E-state index contributed by atoms with van der Waals surface area (Å²) in [6.45, 7) is 4.16. The zero-order valence-corrected chi connectivity index (χ0v) is 20.0. The molecule has 0 radical (unpaired) electrons. The van der Waals surface area contributed by atoms with Crippen LogP contribution in [-0.4, -0.2) is 36.5 Å². The summed E-state index contributed by atoms with van der Waals surface area (Å²) in [4.78, 5) is 26.5. The van der Waals surface area contributed by atoms with E-state index < -0.39 is 6.04 Å². The van der Waals surface area contributed by atoms with Gasteiger partial charge < -0.3 is 14.8 Å². The number of aryl methyl sites for hydroxylation is 1. The molecule has 2 heterocycles. The largest absolute Gasteiger partial charge is 0.497 e. The van der Waals surface area contributed by atoms with Crippen LogP contribution in [0, 0.1) is 6.92 Å². The number of methoxy groups -OCH3 is 2. The van der Waals surface area contributed by atoms with Crippen molar-refractivity contribution in [1.82, 2.24) is 15.1 Å². The number of aromatic nitrogens is 2. The molecule has 0 saturated heterocycles. The number of ether oxygens (including phenoxy) is 2. The van der Waals surface area contributed by atoms with Crippen LogP contribution in [0.3, 0.4) is 0 Å². The number of thiophene rings is 1. The second kappa shape index (κ2) is 9.62. The van der Waals surface area contributed by atoms with E-state index in [2.05, 4.69) is 10.4 Å². The summed E-state index contributed by atoms with van der Waals surface area (Å²) in [5.41, 5.74) is 1.45. The summed E-state index contributed by atoms with van der Waals surface area (Å²) in [6.07, 6.45) is 1.02. The average Bonchev–Trinajstić information content (AvgIpc) is 3.23. The summed E-state index contributed by atoms with van der Waals surface area (Å²) in [6, 6.07) is 12.7. The molecular weight excluding hydrogens is 438 g/mol. The van der Waals surface area contributed by atoms with Crippen LogP contribution in [0.5, 0.6) is 11.5 Å². The molecule has 0 bridgehead atoms. The second-order valence-electron chi connectivity index (χ2n) is 7.78. The Bertz CT molecular complexity index is 1380. The third-order valence-corrected chi connectivity index (χ3v) is 7.05. The van der Waals surface area contributed by atoms with Crippen molar-refractivity contribution in [3.63, 3.8) is 0 Å². The molecular formula is C25H27N3O4S. The molecule has 4 aromatic rings. The van der Waals surface area contributed by atoms with Crippen molar-refractivity contribution in [2.24, 2.45) is 0 Å². The third-order valence-electron chi connectivity index (χ3n) is 5.77. The molecule has 172 valence electrons. The van der Waals surface area contributed by atoms with Crippen molar-refractivity contribution in [2.45, 2.75) is 32.7 Å². The lowest BCUT2D eigenvalue weighted by Gasteiger charge is -2.18. The first-order chi connectivity index (χ1) is 16.0. The van der Waals surface area contributed by atoms with Crippen molar-refractivity contribution in [2.75, 3.05) is 20.8 Å². The maximum Gasteiger partial charge on any atom is 0.276 e. The standard InChI is InChI=1S/C25H27N3O4S/c1-5-19(24(29)26-13-12-16-14-17(31-3)10-11-20(16)32-4)28-25(30)22-18-8-6-7-9-21(18)33-23(22)15(2)27-28/h6-11,14,19H,5,12-13H2,1-4H3,(H,26,29)/t19-/m1/s1. The van der Waals surface area contributed by atoms with Gasteiger partial charge in [-0.3, -0.25) is 9.59 Å². The highest BCUT2D eigenvalue weighted by atomic mass is 32.1. The fraction of sp³-hybridized carbons (Fsp3) is 0.320. The molecule has 2 aromatic carbocycles. The molecule has 0 unspecified atom stereocenters. The van der Waals surface area contributed by atoms with Gasteiger partial charge in [0, 0.05) is 16.6 Å². The van der Waals surface area contributed by atoms with Crippen LogP contribution in [-0.2, 0) is 11.2 Å². The van der Waals surface area contributed by atoms with Gasteiger partial charge in [0.2, 0.25) is 5.91 Å². The van der Waals surface area contributed by atoms with Gasteiger partial charge in [-0.25, -0.2) is 4.68 Å². The van der Waals surface area contributed by atoms with Crippen LogP contribution in [0.25, 0.3) is 20.2 Å². The molecule has 0 aliphatic carbocycles. The summed E-state index contributed by atoms with van der Waals surface area (Å²) in [7, 11) is 3.22. The van der Waals surface area contributed by atoms with Gasteiger partial charge in [0.25, 0.3) is 5.56 Å². The number of hydrogen-bond donors (Lipinski definition) is 1. The number of nitrogens with one attached hydrogen (secondary N) is 1. The van der Waals surface area contributed by atoms with Crippen molar-refractivity contribution < 1.29 is 14.3 Å². The molecule has 1 amide bonds. The molecule has 1 N–H and O–H groups in total. The van der Waals surface area contributed by atoms with E-state index in [4.69, 9.17) is 9.47 Å². The highest BCUT2D eigenvalue weighted by Gasteiger charge is 2.24. The number of carbonyl (C=O) groups is 1. The summed E-state index contributed by atoms with van der Waals surface area (Å²) in [5.74, 6) is 1.23. The third kappa shape index (κ3) is 4.30. The normalized spacial score (nSPS) is 12.1. The second-order valence-corrected chi connectivity index (χ2v) is 8.83. The van der Waals surface area contributed by atoms with E-state index in [0.717, 1.165) is 37.5 Å². The number of hydrogen-bond acceptors (Lipinski definition) is 6. The number of fused-ring (bicyclic) bond motifs is 3. The Balaban J connectivity index is 1.59. The van der Waals surface area contributed by atoms with Crippen molar-refractivity contribution in [3.8, 4) is 11.5 Å². The smallest absolute Gasteiger partial charge is 0.276 e. The Kier molecular flexibility index (Phi) is 6.65. The number of amides is 1. The molecule has 0 spiro atoms. The van der Waals surface area contributed by atoms with Gasteiger partial charge in [0.05, 0.1) is 30.0 Å². The van der Waals surface area contributed by atoms with E-state index in [-0.39, 0.29) is 11.5 Å². The van der Waals surface area contributed by atoms with Gasteiger partial charge in [-0.15, -0.1) is 11.3 Å². The number of nitrogens with zero attached hydrogens (tertiary/aromatic N) is 2. The van der Waals surface area contributed by atoms with E-state index in [1.807, 2.05) is 56.3 Å². The van der Waals surface area contributed by atoms with E-state index >= 15 is 0 Å². The minimum atomic E-state index is -0.688. The summed E-state index contributed by atoms with van der Waals surface area (Å²) >= 11 is 1.56. The highest BCUT2D eigenvalue weighted by molar-refractivity contribution is 7.26. The molecule has 4 rings (SSSR count). The number of rotatable bonds is 8. The van der Waals surface area contributed by atoms with Gasteiger partial charge in [-0.05, 0) is 49.6 Å². The Labute approximate surface area is 195 Å². The van der Waals surface area contributed by atoms with Crippen molar-refractivity contribution >= 4 is 37.4 Å². The number of benzene rings is 2. The fourth-order valence-corrected chi connectivity index (χ4v) is 5.21. The average molecular weight is 466 g/mol. The van der Waals surface area contributed by atoms with Gasteiger partial charge in [-0.1, -0.05) is 25.1 Å². The topological polar surface area (TPSA) is 82.4 Å². The maximum absolute atomic E-state index is 13.4. The molecule has 0 aliphatic rings. The molecule has 0 aliphatic heterocycles. The number of carbonyl (C=O) groups excluding carboxylic acids is 1. The van der Waals surface area contributed by atoms with E-state index in [0.29, 0.717) is 24.8 Å². The van der Waals surface area contributed by atoms with Gasteiger partial charge in [0.1, 0.15) is 17.5 Å². The molecule has 2 aromatic heterocycles. The molecule has 0 fully saturated rings. The quantitative estimate of drug-likeness (QED) is 0.421.